The minimum Gasteiger partial charge on any atom is -0.295 e. The van der Waals surface area contributed by atoms with Crippen molar-refractivity contribution in [3.63, 3.8) is 0 Å². The number of pyridine rings is 1. The molecule has 140 valence electrons. The molecule has 1 aromatic heterocycles. The van der Waals surface area contributed by atoms with Crippen molar-refractivity contribution in [3.05, 3.63) is 29.1 Å². The minimum absolute atomic E-state index is 0. The Hall–Kier alpha value is -1.46. The van der Waals surface area contributed by atoms with Crippen molar-refractivity contribution in [1.82, 2.24) is 15.4 Å². The molecule has 7 aliphatic rings. The molecule has 4 unspecified atom stereocenters. The Morgan fingerprint density at radius 2 is 2.19 bits per heavy atom. The number of hydrogen-bond acceptors (Lipinski definition) is 4. The van der Waals surface area contributed by atoms with Crippen LogP contribution < -0.4 is 5.48 Å². The highest BCUT2D eigenvalue weighted by molar-refractivity contribution is 5.93. The van der Waals surface area contributed by atoms with Gasteiger partial charge in [0.05, 0.1) is 5.56 Å². The summed E-state index contributed by atoms with van der Waals surface area (Å²) in [6.45, 7) is 4.47. The van der Waals surface area contributed by atoms with Crippen molar-refractivity contribution in [1.29, 1.82) is 0 Å². The van der Waals surface area contributed by atoms with Crippen molar-refractivity contribution in [3.8, 4) is 0 Å². The summed E-state index contributed by atoms with van der Waals surface area (Å²) in [5, 5.41) is 8.91. The van der Waals surface area contributed by atoms with E-state index >= 15 is 0 Å². The lowest BCUT2D eigenvalue weighted by Gasteiger charge is -2.88. The summed E-state index contributed by atoms with van der Waals surface area (Å²) in [4.78, 5) is 19.0. The van der Waals surface area contributed by atoms with E-state index in [1.165, 1.54) is 24.4 Å². The summed E-state index contributed by atoms with van der Waals surface area (Å²) < 4.78 is 0. The maximum atomic E-state index is 11.8. The van der Waals surface area contributed by atoms with Crippen molar-refractivity contribution in [2.75, 3.05) is 6.54 Å². The van der Waals surface area contributed by atoms with Gasteiger partial charge in [0.15, 0.2) is 0 Å². The lowest BCUT2D eigenvalue weighted by atomic mass is 9.17. The molecule has 1 amide bonds. The van der Waals surface area contributed by atoms with Gasteiger partial charge in [0.2, 0.25) is 0 Å². The monoisotopic (exact) mass is 355 g/mol. The summed E-state index contributed by atoms with van der Waals surface area (Å²) in [7, 11) is 0. The van der Waals surface area contributed by atoms with Crippen LogP contribution in [0.1, 0.15) is 44.2 Å². The van der Waals surface area contributed by atoms with Crippen molar-refractivity contribution in [2.24, 2.45) is 46.8 Å². The number of nitrogens with one attached hydrogen (secondary N) is 1. The summed E-state index contributed by atoms with van der Waals surface area (Å²) in [5.41, 5.74) is 5.14. The molecule has 6 fully saturated rings. The van der Waals surface area contributed by atoms with Crippen molar-refractivity contribution < 1.29 is 12.9 Å². The lowest BCUT2D eigenvalue weighted by molar-refractivity contribution is -0.413. The Bertz CT molecular complexity index is 844. The highest BCUT2D eigenvalue weighted by Gasteiger charge is 2.95. The van der Waals surface area contributed by atoms with Crippen LogP contribution in [0.3, 0.4) is 0 Å². The predicted octanol–water partition coefficient (Wildman–Crippen LogP) is 2.59. The maximum Gasteiger partial charge on any atom is 0.276 e. The van der Waals surface area contributed by atoms with Crippen molar-refractivity contribution >= 4 is 5.91 Å². The van der Waals surface area contributed by atoms with Crippen molar-refractivity contribution in [2.45, 2.75) is 38.8 Å². The molecule has 1 aromatic rings. The number of carbonyl (C=O) groups excluding carboxylic acids is 1. The molecule has 0 spiro atoms. The van der Waals surface area contributed by atoms with E-state index in [4.69, 9.17) is 5.21 Å². The van der Waals surface area contributed by atoms with Crippen LogP contribution in [-0.4, -0.2) is 33.6 Å². The largest absolute Gasteiger partial charge is 0.295 e. The molecular formula is C21H29N3O2. The summed E-state index contributed by atoms with van der Waals surface area (Å²) in [6, 6.07) is 2.50. The summed E-state index contributed by atoms with van der Waals surface area (Å²) in [5.74, 6) is 7.29. The molecule has 2 bridgehead atoms. The van der Waals surface area contributed by atoms with E-state index in [1.807, 2.05) is 6.07 Å². The molecule has 1 aliphatic heterocycles. The number of carbonyl (C=O) groups is 1. The van der Waals surface area contributed by atoms with Crippen LogP contribution in [0.25, 0.3) is 0 Å². The standard InChI is InChI=1S/C21H25N3O2.2H2/c1-2-11-4-13-10(3-9(6-22-13)20(25)23-26)7-24(11)8-21-5-12-14-16-15(12)19(21)17(16)18(14)21;;/h3,6,11-12,14-19,26H,2,4-5,7-8H2,1H3,(H,23,25);2*1H/t11-,12?,14?,15?,16?,17?,18?,19?,21?;;/m1../s1. The zero-order chi connectivity index (χ0) is 17.4. The Kier molecular flexibility index (Phi) is 2.43. The van der Waals surface area contributed by atoms with Crippen LogP contribution in [0.2, 0.25) is 0 Å². The molecule has 2 N–H and O–H groups in total. The van der Waals surface area contributed by atoms with E-state index in [0.29, 0.717) is 17.0 Å². The van der Waals surface area contributed by atoms with Gasteiger partial charge in [0.1, 0.15) is 0 Å². The van der Waals surface area contributed by atoms with Crippen LogP contribution in [-0.2, 0) is 13.0 Å². The zero-order valence-corrected chi connectivity index (χ0v) is 15.1. The van der Waals surface area contributed by atoms with Gasteiger partial charge in [0, 0.05) is 40.3 Å². The Morgan fingerprint density at radius 1 is 1.38 bits per heavy atom. The number of aromatic nitrogens is 1. The SMILES string of the molecule is CC[C@@H]1Cc2ncc(C(=O)NO)cc2CN1CC12CC3C4C5C3C1C5C42.[HH].[HH]. The van der Waals surface area contributed by atoms with Gasteiger partial charge in [-0.15, -0.1) is 0 Å². The van der Waals surface area contributed by atoms with Crippen LogP contribution in [0.5, 0.6) is 0 Å². The van der Waals surface area contributed by atoms with Crippen LogP contribution in [0, 0.1) is 46.8 Å². The lowest BCUT2D eigenvalue weighted by Crippen LogP contribution is -2.86. The highest BCUT2D eigenvalue weighted by Crippen LogP contribution is 2.98. The first-order valence-electron chi connectivity index (χ1n) is 10.3. The number of nitrogens with zero attached hydrogens (tertiary/aromatic N) is 2. The average molecular weight is 355 g/mol. The molecule has 6 aliphatic carbocycles. The minimum atomic E-state index is -0.470. The van der Waals surface area contributed by atoms with Gasteiger partial charge >= 0.3 is 0 Å². The first-order chi connectivity index (χ1) is 12.7. The Morgan fingerprint density at radius 3 is 2.88 bits per heavy atom. The van der Waals surface area contributed by atoms with Gasteiger partial charge in [-0.25, -0.2) is 5.48 Å². The van der Waals surface area contributed by atoms with Gasteiger partial charge in [-0.05, 0) is 71.3 Å². The van der Waals surface area contributed by atoms with Gasteiger partial charge in [-0.2, -0.15) is 0 Å². The first-order valence-corrected chi connectivity index (χ1v) is 10.3. The van der Waals surface area contributed by atoms with E-state index in [9.17, 15) is 4.79 Å². The molecule has 2 heterocycles. The quantitative estimate of drug-likeness (QED) is 0.644. The third-order valence-corrected chi connectivity index (χ3v) is 9.64. The molecule has 6 saturated carbocycles. The fraction of sp³-hybridized carbons (Fsp3) is 0.714. The maximum absolute atomic E-state index is 11.8. The normalized spacial score (nSPS) is 50.7. The third kappa shape index (κ3) is 1.30. The second-order valence-corrected chi connectivity index (χ2v) is 9.90. The predicted molar refractivity (Wildman–Crippen MR) is 97.4 cm³/mol. The number of fused-ring (bicyclic) bond motifs is 1. The third-order valence-electron chi connectivity index (χ3n) is 9.64. The molecule has 8 rings (SSSR count). The van der Waals surface area contributed by atoms with E-state index in [2.05, 4.69) is 16.8 Å². The van der Waals surface area contributed by atoms with Gasteiger partial charge < -0.3 is 0 Å². The van der Waals surface area contributed by atoms with Gasteiger partial charge in [0.25, 0.3) is 5.91 Å². The number of rotatable bonds is 4. The fourth-order valence-electron chi connectivity index (χ4n) is 9.00. The Labute approximate surface area is 156 Å². The van der Waals surface area contributed by atoms with Crippen LogP contribution in [0.4, 0.5) is 0 Å². The summed E-state index contributed by atoms with van der Waals surface area (Å²) >= 11 is 0. The molecule has 0 saturated heterocycles. The van der Waals surface area contributed by atoms with Crippen LogP contribution in [0.15, 0.2) is 12.3 Å². The second-order valence-electron chi connectivity index (χ2n) is 9.90. The molecule has 5 atom stereocenters. The second kappa shape index (κ2) is 4.33. The average Bonchev–Trinajstić information content (AvgIpc) is 2.84. The number of hydrogen-bond donors (Lipinski definition) is 2. The topological polar surface area (TPSA) is 65.5 Å². The van der Waals surface area contributed by atoms with Gasteiger partial charge in [-0.1, -0.05) is 6.92 Å². The molecular weight excluding hydrogens is 326 g/mol. The van der Waals surface area contributed by atoms with E-state index in [1.54, 1.807) is 11.7 Å². The smallest absolute Gasteiger partial charge is 0.276 e. The van der Waals surface area contributed by atoms with E-state index in [0.717, 1.165) is 60.6 Å². The highest BCUT2D eigenvalue weighted by atomic mass is 16.5. The molecule has 0 aromatic carbocycles. The molecule has 5 nitrogen and oxygen atoms in total. The van der Waals surface area contributed by atoms with Gasteiger partial charge in [-0.3, -0.25) is 19.9 Å². The zero-order valence-electron chi connectivity index (χ0n) is 15.1. The van der Waals surface area contributed by atoms with E-state index < -0.39 is 5.91 Å². The number of amides is 1. The summed E-state index contributed by atoms with van der Waals surface area (Å²) in [6.07, 6.45) is 5.25. The fourth-order valence-corrected chi connectivity index (χ4v) is 9.00. The first kappa shape index (κ1) is 14.6. The molecule has 26 heavy (non-hydrogen) atoms. The van der Waals surface area contributed by atoms with Crippen LogP contribution >= 0.6 is 0 Å². The number of hydroxylamine groups is 1. The molecule has 0 radical (unpaired) electrons. The molecule has 5 heteroatoms. The van der Waals surface area contributed by atoms with E-state index in [-0.39, 0.29) is 2.85 Å². The Balaban J connectivity index is 0.000000853.